The lowest BCUT2D eigenvalue weighted by Crippen LogP contribution is -2.38. The molecule has 1 saturated heterocycles. The van der Waals surface area contributed by atoms with Gasteiger partial charge in [-0.25, -0.2) is 17.5 Å². The summed E-state index contributed by atoms with van der Waals surface area (Å²) in [7, 11) is -3.76. The Hall–Kier alpha value is -0.690. The van der Waals surface area contributed by atoms with Gasteiger partial charge in [0.1, 0.15) is 10.7 Å². The molecule has 1 heterocycles. The molecular formula is C12H16ClFN2O2S. The van der Waals surface area contributed by atoms with Crippen LogP contribution in [-0.4, -0.2) is 28.1 Å². The second kappa shape index (κ2) is 6.17. The van der Waals surface area contributed by atoms with E-state index in [9.17, 15) is 12.8 Å². The van der Waals surface area contributed by atoms with Crippen LogP contribution in [0.3, 0.4) is 0 Å². The SMILES string of the molecule is O=S(=O)(NC[C@@H]1CCCNC1)c1cc(F)ccc1Cl. The van der Waals surface area contributed by atoms with Crippen LogP contribution in [0.4, 0.5) is 4.39 Å². The van der Waals surface area contributed by atoms with Crippen molar-refractivity contribution in [3.8, 4) is 0 Å². The smallest absolute Gasteiger partial charge is 0.242 e. The molecule has 0 aliphatic carbocycles. The van der Waals surface area contributed by atoms with Crippen LogP contribution in [0.15, 0.2) is 23.1 Å². The molecule has 0 bridgehead atoms. The number of hydrogen-bond donors (Lipinski definition) is 2. The van der Waals surface area contributed by atoms with Gasteiger partial charge in [-0.15, -0.1) is 0 Å². The summed E-state index contributed by atoms with van der Waals surface area (Å²) in [6.45, 7) is 2.10. The van der Waals surface area contributed by atoms with Gasteiger partial charge in [-0.05, 0) is 50.0 Å². The maximum absolute atomic E-state index is 13.1. The summed E-state index contributed by atoms with van der Waals surface area (Å²) in [6, 6.07) is 3.31. The topological polar surface area (TPSA) is 58.2 Å². The zero-order valence-electron chi connectivity index (χ0n) is 10.3. The first-order chi connectivity index (χ1) is 8.99. The van der Waals surface area contributed by atoms with Crippen molar-refractivity contribution in [2.24, 2.45) is 5.92 Å². The molecule has 1 aliphatic rings. The highest BCUT2D eigenvalue weighted by Crippen LogP contribution is 2.22. The van der Waals surface area contributed by atoms with E-state index in [1.165, 1.54) is 6.07 Å². The molecule has 0 amide bonds. The minimum absolute atomic E-state index is 0.0238. The molecule has 1 fully saturated rings. The van der Waals surface area contributed by atoms with Crippen LogP contribution >= 0.6 is 11.6 Å². The quantitative estimate of drug-likeness (QED) is 0.891. The molecule has 0 aromatic heterocycles. The van der Waals surface area contributed by atoms with E-state index in [1.54, 1.807) is 0 Å². The van der Waals surface area contributed by atoms with Gasteiger partial charge in [-0.3, -0.25) is 0 Å². The molecule has 1 aromatic carbocycles. The minimum atomic E-state index is -3.76. The molecule has 2 N–H and O–H groups in total. The van der Waals surface area contributed by atoms with Crippen LogP contribution in [0.2, 0.25) is 5.02 Å². The molecule has 0 spiro atoms. The van der Waals surface area contributed by atoms with Crippen LogP contribution in [0.5, 0.6) is 0 Å². The van der Waals surface area contributed by atoms with Gasteiger partial charge in [0.25, 0.3) is 0 Å². The molecule has 2 rings (SSSR count). The van der Waals surface area contributed by atoms with Crippen molar-refractivity contribution in [2.75, 3.05) is 19.6 Å². The Balaban J connectivity index is 2.07. The standard InChI is InChI=1S/C12H16ClFN2O2S/c13-11-4-3-10(14)6-12(11)19(17,18)16-8-9-2-1-5-15-7-9/h3-4,6,9,15-16H,1-2,5,7-8H2/t9-/m1/s1. The maximum Gasteiger partial charge on any atom is 0.242 e. The van der Waals surface area contributed by atoms with Crippen molar-refractivity contribution >= 4 is 21.6 Å². The minimum Gasteiger partial charge on any atom is -0.316 e. The lowest BCUT2D eigenvalue weighted by molar-refractivity contribution is 0.376. The molecule has 1 atom stereocenters. The fourth-order valence-electron chi connectivity index (χ4n) is 2.09. The number of benzene rings is 1. The summed E-state index contributed by atoms with van der Waals surface area (Å²) < 4.78 is 39.7. The van der Waals surface area contributed by atoms with Crippen LogP contribution in [0.25, 0.3) is 0 Å². The molecule has 0 saturated carbocycles. The number of piperidine rings is 1. The van der Waals surface area contributed by atoms with Gasteiger partial charge in [0.15, 0.2) is 0 Å². The Morgan fingerprint density at radius 2 is 2.26 bits per heavy atom. The average Bonchev–Trinajstić information content (AvgIpc) is 2.40. The monoisotopic (exact) mass is 306 g/mol. The zero-order chi connectivity index (χ0) is 13.9. The highest BCUT2D eigenvalue weighted by atomic mass is 35.5. The van der Waals surface area contributed by atoms with E-state index < -0.39 is 15.8 Å². The van der Waals surface area contributed by atoms with Gasteiger partial charge >= 0.3 is 0 Å². The van der Waals surface area contributed by atoms with E-state index >= 15 is 0 Å². The molecular weight excluding hydrogens is 291 g/mol. The molecule has 19 heavy (non-hydrogen) atoms. The molecule has 0 radical (unpaired) electrons. The van der Waals surface area contributed by atoms with E-state index in [0.29, 0.717) is 6.54 Å². The van der Waals surface area contributed by atoms with Crippen LogP contribution in [0.1, 0.15) is 12.8 Å². The summed E-state index contributed by atoms with van der Waals surface area (Å²) in [5.41, 5.74) is 0. The highest BCUT2D eigenvalue weighted by Gasteiger charge is 2.21. The van der Waals surface area contributed by atoms with Crippen molar-refractivity contribution in [3.63, 3.8) is 0 Å². The number of halogens is 2. The highest BCUT2D eigenvalue weighted by molar-refractivity contribution is 7.89. The van der Waals surface area contributed by atoms with Crippen molar-refractivity contribution in [2.45, 2.75) is 17.7 Å². The Kier molecular flexibility index (Phi) is 4.78. The number of nitrogens with one attached hydrogen (secondary N) is 2. The molecule has 0 unspecified atom stereocenters. The van der Waals surface area contributed by atoms with Gasteiger partial charge in [0.2, 0.25) is 10.0 Å². The van der Waals surface area contributed by atoms with E-state index in [1.807, 2.05) is 0 Å². The van der Waals surface area contributed by atoms with Gasteiger partial charge in [0.05, 0.1) is 5.02 Å². The number of sulfonamides is 1. The molecule has 4 nitrogen and oxygen atoms in total. The van der Waals surface area contributed by atoms with Crippen molar-refractivity contribution in [1.29, 1.82) is 0 Å². The Labute approximate surface area is 117 Å². The van der Waals surface area contributed by atoms with Crippen molar-refractivity contribution in [3.05, 3.63) is 29.0 Å². The van der Waals surface area contributed by atoms with E-state index in [2.05, 4.69) is 10.0 Å². The third-order valence-corrected chi connectivity index (χ3v) is 5.05. The second-order valence-corrected chi connectivity index (χ2v) is 6.78. The lowest BCUT2D eigenvalue weighted by atomic mass is 10.0. The number of hydrogen-bond acceptors (Lipinski definition) is 3. The Morgan fingerprint density at radius 1 is 1.47 bits per heavy atom. The van der Waals surface area contributed by atoms with E-state index in [0.717, 1.165) is 38.1 Å². The molecule has 7 heteroatoms. The van der Waals surface area contributed by atoms with Gasteiger partial charge in [-0.2, -0.15) is 0 Å². The van der Waals surface area contributed by atoms with Gasteiger partial charge in [-0.1, -0.05) is 11.6 Å². The van der Waals surface area contributed by atoms with Crippen LogP contribution in [0, 0.1) is 11.7 Å². The average molecular weight is 307 g/mol. The normalized spacial score (nSPS) is 20.4. The fraction of sp³-hybridized carbons (Fsp3) is 0.500. The van der Waals surface area contributed by atoms with E-state index in [-0.39, 0.29) is 15.8 Å². The van der Waals surface area contributed by atoms with Crippen LogP contribution < -0.4 is 10.0 Å². The summed E-state index contributed by atoms with van der Waals surface area (Å²) in [4.78, 5) is -0.210. The summed E-state index contributed by atoms with van der Waals surface area (Å²) in [6.07, 6.45) is 2.01. The Morgan fingerprint density at radius 3 is 2.95 bits per heavy atom. The maximum atomic E-state index is 13.1. The summed E-state index contributed by atoms with van der Waals surface area (Å²) in [5.74, 6) is -0.361. The summed E-state index contributed by atoms with van der Waals surface area (Å²) in [5, 5.41) is 3.23. The van der Waals surface area contributed by atoms with Crippen molar-refractivity contribution in [1.82, 2.24) is 10.0 Å². The zero-order valence-corrected chi connectivity index (χ0v) is 11.9. The van der Waals surface area contributed by atoms with E-state index in [4.69, 9.17) is 11.6 Å². The lowest BCUT2D eigenvalue weighted by Gasteiger charge is -2.22. The first-order valence-corrected chi connectivity index (χ1v) is 8.00. The summed E-state index contributed by atoms with van der Waals surface area (Å²) >= 11 is 5.80. The Bertz CT molecular complexity index is 545. The predicted octanol–water partition coefficient (Wildman–Crippen LogP) is 1.76. The van der Waals surface area contributed by atoms with Gasteiger partial charge in [0, 0.05) is 6.54 Å². The van der Waals surface area contributed by atoms with Gasteiger partial charge < -0.3 is 5.32 Å². The molecule has 1 aliphatic heterocycles. The predicted molar refractivity (Wildman–Crippen MR) is 72.2 cm³/mol. The molecule has 1 aromatic rings. The second-order valence-electron chi connectivity index (χ2n) is 4.64. The molecule has 106 valence electrons. The number of rotatable bonds is 4. The first-order valence-electron chi connectivity index (χ1n) is 6.14. The third-order valence-electron chi connectivity index (χ3n) is 3.14. The third kappa shape index (κ3) is 3.89. The fourth-order valence-corrected chi connectivity index (χ4v) is 3.71. The largest absolute Gasteiger partial charge is 0.316 e. The van der Waals surface area contributed by atoms with Crippen LogP contribution in [-0.2, 0) is 10.0 Å². The first kappa shape index (κ1) is 14.7. The van der Waals surface area contributed by atoms with Crippen molar-refractivity contribution < 1.29 is 12.8 Å².